The van der Waals surface area contributed by atoms with Crippen molar-refractivity contribution in [1.82, 2.24) is 15.2 Å². The van der Waals surface area contributed by atoms with Crippen LogP contribution >= 0.6 is 11.3 Å². The minimum Gasteiger partial charge on any atom is -0.496 e. The molecule has 1 aromatic carbocycles. The second-order valence-corrected chi connectivity index (χ2v) is 7.21. The fourth-order valence-corrected chi connectivity index (χ4v) is 3.99. The number of aromatic nitrogens is 1. The molecule has 2 atom stereocenters. The van der Waals surface area contributed by atoms with Gasteiger partial charge in [0.1, 0.15) is 11.8 Å². The van der Waals surface area contributed by atoms with Gasteiger partial charge in [-0.15, -0.1) is 11.3 Å². The predicted octanol–water partition coefficient (Wildman–Crippen LogP) is 1.86. The lowest BCUT2D eigenvalue weighted by atomic mass is 10.1. The molecule has 3 N–H and O–H groups in total. The van der Waals surface area contributed by atoms with Crippen LogP contribution < -0.4 is 10.1 Å². The van der Waals surface area contributed by atoms with Crippen LogP contribution in [-0.4, -0.2) is 57.9 Å². The molecule has 0 radical (unpaired) electrons. The van der Waals surface area contributed by atoms with Crippen LogP contribution in [-0.2, 0) is 11.3 Å². The normalized spacial score (nSPS) is 19.1. The number of nitrogens with one attached hydrogen (secondary N) is 1. The van der Waals surface area contributed by atoms with Crippen LogP contribution in [0.1, 0.15) is 17.7 Å². The van der Waals surface area contributed by atoms with Crippen molar-refractivity contribution in [3.8, 4) is 16.2 Å². The van der Waals surface area contributed by atoms with E-state index >= 15 is 0 Å². The highest BCUT2D eigenvalue weighted by Gasteiger charge is 2.38. The van der Waals surface area contributed by atoms with Crippen molar-refractivity contribution in [2.24, 2.45) is 0 Å². The molecule has 0 spiro atoms. The fourth-order valence-electron chi connectivity index (χ4n) is 3.18. The average Bonchev–Trinajstić information content (AvgIpc) is 3.25. The number of β-amino-alcohol motifs (C(OH)–C–C–N with tert-alkyl or cyclic N) is 1. The van der Waals surface area contributed by atoms with Crippen molar-refractivity contribution in [2.45, 2.75) is 32.0 Å². The van der Waals surface area contributed by atoms with E-state index in [1.165, 1.54) is 0 Å². The molecule has 1 aliphatic heterocycles. The molecule has 3 rings (SSSR count). The van der Waals surface area contributed by atoms with Gasteiger partial charge in [0.05, 0.1) is 35.8 Å². The van der Waals surface area contributed by atoms with Gasteiger partial charge in [-0.1, -0.05) is 12.1 Å². The molecule has 27 heavy (non-hydrogen) atoms. The molecule has 2 amide bonds. The number of ether oxygens (including phenoxy) is 1. The third kappa shape index (κ3) is 4.04. The molecule has 0 bridgehead atoms. The molecule has 0 saturated carbocycles. The smallest absolute Gasteiger partial charge is 0.408 e. The van der Waals surface area contributed by atoms with Gasteiger partial charge in [0.2, 0.25) is 5.91 Å². The number of carboxylic acid groups (broad SMARTS) is 1. The van der Waals surface area contributed by atoms with Gasteiger partial charge >= 0.3 is 6.09 Å². The minimum atomic E-state index is -1.21. The predicted molar refractivity (Wildman–Crippen MR) is 99.8 cm³/mol. The zero-order chi connectivity index (χ0) is 19.6. The first-order chi connectivity index (χ1) is 12.9. The summed E-state index contributed by atoms with van der Waals surface area (Å²) in [6, 6.07) is 4.81. The first-order valence-corrected chi connectivity index (χ1v) is 9.31. The summed E-state index contributed by atoms with van der Waals surface area (Å²) < 4.78 is 5.45. The Morgan fingerprint density at radius 2 is 2.22 bits per heavy atom. The van der Waals surface area contributed by atoms with E-state index in [0.29, 0.717) is 5.75 Å². The lowest BCUT2D eigenvalue weighted by molar-refractivity contribution is -0.125. The molecule has 1 aliphatic rings. The maximum Gasteiger partial charge on any atom is 0.408 e. The molecule has 1 fully saturated rings. The number of likely N-dealkylation sites (tertiary alicyclic amines) is 1. The van der Waals surface area contributed by atoms with Crippen molar-refractivity contribution >= 4 is 23.3 Å². The number of carbonyl (C=O) groups is 2. The second-order valence-electron chi connectivity index (χ2n) is 6.35. The number of aliphatic hydroxyl groups is 1. The topological polar surface area (TPSA) is 112 Å². The zero-order valence-corrected chi connectivity index (χ0v) is 15.8. The molecule has 8 nitrogen and oxygen atoms in total. The van der Waals surface area contributed by atoms with E-state index in [4.69, 9.17) is 4.74 Å². The summed E-state index contributed by atoms with van der Waals surface area (Å²) in [5.74, 6) is 0.195. The number of nitrogens with zero attached hydrogens (tertiary/aromatic N) is 2. The van der Waals surface area contributed by atoms with Crippen molar-refractivity contribution in [2.75, 3.05) is 13.7 Å². The zero-order valence-electron chi connectivity index (χ0n) is 15.0. The van der Waals surface area contributed by atoms with Crippen molar-refractivity contribution in [1.29, 1.82) is 0 Å². The number of amides is 2. The van der Waals surface area contributed by atoms with Gasteiger partial charge in [0, 0.05) is 18.5 Å². The van der Waals surface area contributed by atoms with Gasteiger partial charge in [-0.25, -0.2) is 9.78 Å². The van der Waals surface area contributed by atoms with Crippen molar-refractivity contribution in [3.63, 3.8) is 0 Å². The Hall–Kier alpha value is -2.65. The number of hydrogen-bond donors (Lipinski definition) is 3. The third-order valence-electron chi connectivity index (χ3n) is 4.58. The Bertz CT molecular complexity index is 853. The van der Waals surface area contributed by atoms with E-state index in [9.17, 15) is 19.8 Å². The molecular weight excluding hydrogens is 370 g/mol. The second kappa shape index (κ2) is 7.93. The molecular formula is C18H21N3O5S. The van der Waals surface area contributed by atoms with E-state index in [0.717, 1.165) is 26.6 Å². The molecule has 9 heteroatoms. The van der Waals surface area contributed by atoms with Crippen molar-refractivity contribution in [3.05, 3.63) is 35.0 Å². The Labute approximate surface area is 160 Å². The SMILES string of the molecule is COc1cc(-c2scnc2C)ccc1CNC(=O)[C@@H]1C[C@@H](O)CN1C(=O)O. The van der Waals surface area contributed by atoms with Crippen LogP contribution in [0, 0.1) is 6.92 Å². The largest absolute Gasteiger partial charge is 0.496 e. The molecule has 1 aromatic heterocycles. The van der Waals surface area contributed by atoms with Crippen LogP contribution in [0.4, 0.5) is 4.79 Å². The molecule has 2 aromatic rings. The van der Waals surface area contributed by atoms with Crippen LogP contribution in [0.25, 0.3) is 10.4 Å². The van der Waals surface area contributed by atoms with Crippen LogP contribution in [0.5, 0.6) is 5.75 Å². The summed E-state index contributed by atoms with van der Waals surface area (Å²) in [7, 11) is 1.56. The number of methoxy groups -OCH3 is 1. The van der Waals surface area contributed by atoms with Crippen LogP contribution in [0.2, 0.25) is 0 Å². The average molecular weight is 391 g/mol. The molecule has 144 valence electrons. The summed E-state index contributed by atoms with van der Waals surface area (Å²) in [6.45, 7) is 2.08. The Morgan fingerprint density at radius 3 is 2.85 bits per heavy atom. The van der Waals surface area contributed by atoms with E-state index in [1.54, 1.807) is 24.0 Å². The first-order valence-electron chi connectivity index (χ1n) is 8.43. The lowest BCUT2D eigenvalue weighted by Gasteiger charge is -2.20. The summed E-state index contributed by atoms with van der Waals surface area (Å²) in [6.07, 6.45) is -1.94. The quantitative estimate of drug-likeness (QED) is 0.717. The number of carbonyl (C=O) groups excluding carboxylic acids is 1. The number of hydrogen-bond acceptors (Lipinski definition) is 6. The molecule has 2 heterocycles. The van der Waals surface area contributed by atoms with Gasteiger partial charge < -0.3 is 20.3 Å². The first kappa shape index (κ1) is 19.1. The molecule has 0 unspecified atom stereocenters. The van der Waals surface area contributed by atoms with Gasteiger partial charge in [-0.3, -0.25) is 9.69 Å². The monoisotopic (exact) mass is 391 g/mol. The van der Waals surface area contributed by atoms with Gasteiger partial charge in [0.25, 0.3) is 0 Å². The maximum absolute atomic E-state index is 12.4. The highest BCUT2D eigenvalue weighted by molar-refractivity contribution is 7.13. The summed E-state index contributed by atoms with van der Waals surface area (Å²) in [4.78, 5) is 29.9. The summed E-state index contributed by atoms with van der Waals surface area (Å²) in [5, 5.41) is 21.6. The van der Waals surface area contributed by atoms with Crippen molar-refractivity contribution < 1.29 is 24.5 Å². The van der Waals surface area contributed by atoms with Crippen LogP contribution in [0.15, 0.2) is 23.7 Å². The van der Waals surface area contributed by atoms with E-state index in [-0.39, 0.29) is 19.5 Å². The number of thiazole rings is 1. The maximum atomic E-state index is 12.4. The molecule has 1 saturated heterocycles. The third-order valence-corrected chi connectivity index (χ3v) is 5.55. The highest BCUT2D eigenvalue weighted by atomic mass is 32.1. The standard InChI is InChI=1S/C18H21N3O5S/c1-10-16(27-9-20-10)11-3-4-12(15(5-11)26-2)7-19-17(23)14-6-13(22)8-21(14)18(24)25/h3-5,9,13-14,22H,6-8H2,1-2H3,(H,19,23)(H,24,25)/t13-,14+/m1/s1. The lowest BCUT2D eigenvalue weighted by Crippen LogP contribution is -2.45. The molecule has 0 aliphatic carbocycles. The Balaban J connectivity index is 1.71. The number of rotatable bonds is 5. The van der Waals surface area contributed by atoms with E-state index in [2.05, 4.69) is 10.3 Å². The van der Waals surface area contributed by atoms with Gasteiger partial charge in [-0.05, 0) is 18.6 Å². The Morgan fingerprint density at radius 1 is 1.44 bits per heavy atom. The van der Waals surface area contributed by atoms with E-state index < -0.39 is 24.1 Å². The fraction of sp³-hybridized carbons (Fsp3) is 0.389. The van der Waals surface area contributed by atoms with Gasteiger partial charge in [-0.2, -0.15) is 0 Å². The number of aryl methyl sites for hydroxylation is 1. The highest BCUT2D eigenvalue weighted by Crippen LogP contribution is 2.31. The summed E-state index contributed by atoms with van der Waals surface area (Å²) in [5.41, 5.74) is 4.49. The number of benzene rings is 1. The Kier molecular flexibility index (Phi) is 5.62. The number of aliphatic hydroxyl groups excluding tert-OH is 1. The van der Waals surface area contributed by atoms with Gasteiger partial charge in [0.15, 0.2) is 0 Å². The summed E-state index contributed by atoms with van der Waals surface area (Å²) >= 11 is 1.54. The van der Waals surface area contributed by atoms with E-state index in [1.807, 2.05) is 25.1 Å². The van der Waals surface area contributed by atoms with Crippen LogP contribution in [0.3, 0.4) is 0 Å². The minimum absolute atomic E-state index is 0.0559.